The van der Waals surface area contributed by atoms with E-state index in [1.807, 2.05) is 0 Å². The van der Waals surface area contributed by atoms with Crippen LogP contribution in [0, 0.1) is 11.8 Å². The van der Waals surface area contributed by atoms with Gasteiger partial charge < -0.3 is 16.0 Å². The number of piperidine rings is 1. The number of hydrogen-bond acceptors (Lipinski definition) is 3. The molecule has 2 heterocycles. The van der Waals surface area contributed by atoms with Crippen LogP contribution in [0.25, 0.3) is 0 Å². The molecule has 0 saturated carbocycles. The van der Waals surface area contributed by atoms with E-state index in [1.165, 1.54) is 0 Å². The normalized spacial score (nSPS) is 32.9. The Kier molecular flexibility index (Phi) is 4.82. The van der Waals surface area contributed by atoms with Gasteiger partial charge in [0.25, 0.3) is 0 Å². The molecule has 7 heteroatoms. The van der Waals surface area contributed by atoms with E-state index in [1.54, 1.807) is 0 Å². The van der Waals surface area contributed by atoms with Crippen LogP contribution >= 0.6 is 0 Å². The Balaban J connectivity index is 1.84. The van der Waals surface area contributed by atoms with Crippen LogP contribution in [0.4, 0.5) is 13.2 Å². The van der Waals surface area contributed by atoms with E-state index in [-0.39, 0.29) is 18.5 Å². The van der Waals surface area contributed by atoms with E-state index in [0.29, 0.717) is 12.5 Å². The molecular formula is C14H24F3N3O. The van der Waals surface area contributed by atoms with Crippen LogP contribution in [0.15, 0.2) is 0 Å². The van der Waals surface area contributed by atoms with Gasteiger partial charge in [0.2, 0.25) is 5.91 Å². The predicted molar refractivity (Wildman–Crippen MR) is 73.8 cm³/mol. The summed E-state index contributed by atoms with van der Waals surface area (Å²) in [5.41, 5.74) is 0.0216. The molecule has 0 aromatic rings. The number of amides is 1. The lowest BCUT2D eigenvalue weighted by atomic mass is 9.84. The van der Waals surface area contributed by atoms with Crippen molar-refractivity contribution >= 4 is 5.91 Å². The van der Waals surface area contributed by atoms with Crippen LogP contribution in [0.1, 0.15) is 33.1 Å². The first-order valence-corrected chi connectivity index (χ1v) is 7.52. The van der Waals surface area contributed by atoms with Crippen LogP contribution in [-0.2, 0) is 4.79 Å². The van der Waals surface area contributed by atoms with Crippen molar-refractivity contribution in [2.24, 2.45) is 11.8 Å². The van der Waals surface area contributed by atoms with E-state index in [2.05, 4.69) is 29.8 Å². The van der Waals surface area contributed by atoms with Gasteiger partial charge in [-0.3, -0.25) is 4.79 Å². The van der Waals surface area contributed by atoms with Gasteiger partial charge in [0, 0.05) is 12.1 Å². The van der Waals surface area contributed by atoms with Crippen LogP contribution in [-0.4, -0.2) is 43.3 Å². The van der Waals surface area contributed by atoms with Gasteiger partial charge >= 0.3 is 6.18 Å². The molecule has 2 aliphatic rings. The molecule has 2 aliphatic heterocycles. The van der Waals surface area contributed by atoms with Gasteiger partial charge in [0.1, 0.15) is 0 Å². The Labute approximate surface area is 123 Å². The Morgan fingerprint density at radius 1 is 1.29 bits per heavy atom. The number of hydrogen-bond donors (Lipinski definition) is 3. The van der Waals surface area contributed by atoms with Crippen molar-refractivity contribution in [1.82, 2.24) is 16.0 Å². The Morgan fingerprint density at radius 3 is 2.62 bits per heavy atom. The summed E-state index contributed by atoms with van der Waals surface area (Å²) < 4.78 is 38.5. The van der Waals surface area contributed by atoms with Crippen molar-refractivity contribution in [2.45, 2.75) is 50.9 Å². The molecule has 3 N–H and O–H groups in total. The molecule has 122 valence electrons. The highest BCUT2D eigenvalue weighted by molar-refractivity contribution is 5.82. The third kappa shape index (κ3) is 4.32. The summed E-state index contributed by atoms with van der Waals surface area (Å²) in [5.74, 6) is -1.77. The first kappa shape index (κ1) is 16.5. The van der Waals surface area contributed by atoms with E-state index >= 15 is 0 Å². The fraction of sp³-hybridized carbons (Fsp3) is 0.929. The van der Waals surface area contributed by atoms with Crippen LogP contribution < -0.4 is 16.0 Å². The highest BCUT2D eigenvalue weighted by Gasteiger charge is 2.49. The van der Waals surface area contributed by atoms with Crippen molar-refractivity contribution in [1.29, 1.82) is 0 Å². The quantitative estimate of drug-likeness (QED) is 0.739. The topological polar surface area (TPSA) is 53.2 Å². The summed E-state index contributed by atoms with van der Waals surface area (Å²) in [7, 11) is 0. The molecule has 4 nitrogen and oxygen atoms in total. The monoisotopic (exact) mass is 307 g/mol. The summed E-state index contributed by atoms with van der Waals surface area (Å²) in [6, 6.07) is -1.14. The third-order valence-electron chi connectivity index (χ3n) is 4.44. The first-order valence-electron chi connectivity index (χ1n) is 7.52. The summed E-state index contributed by atoms with van der Waals surface area (Å²) in [5, 5.41) is 8.76. The molecule has 0 aromatic heterocycles. The van der Waals surface area contributed by atoms with E-state index < -0.39 is 24.0 Å². The van der Waals surface area contributed by atoms with Crippen LogP contribution in [0.2, 0.25) is 0 Å². The number of carbonyl (C=O) groups excluding carboxylic acids is 1. The minimum Gasteiger partial charge on any atom is -0.354 e. The molecule has 0 spiro atoms. The maximum absolute atomic E-state index is 12.8. The highest BCUT2D eigenvalue weighted by atomic mass is 19.4. The molecule has 3 atom stereocenters. The second-order valence-corrected chi connectivity index (χ2v) is 6.78. The van der Waals surface area contributed by atoms with Crippen molar-refractivity contribution in [3.05, 3.63) is 0 Å². The average molecular weight is 307 g/mol. The van der Waals surface area contributed by atoms with Crippen LogP contribution in [0.5, 0.6) is 0 Å². The van der Waals surface area contributed by atoms with E-state index in [0.717, 1.165) is 19.4 Å². The lowest BCUT2D eigenvalue weighted by Gasteiger charge is -2.36. The second kappa shape index (κ2) is 6.12. The Morgan fingerprint density at radius 2 is 2.00 bits per heavy atom. The summed E-state index contributed by atoms with van der Waals surface area (Å²) in [4.78, 5) is 12.0. The molecule has 0 aromatic carbocycles. The molecular weight excluding hydrogens is 283 g/mol. The van der Waals surface area contributed by atoms with Crippen molar-refractivity contribution in [3.63, 3.8) is 0 Å². The molecule has 1 unspecified atom stereocenters. The predicted octanol–water partition coefficient (Wildman–Crippen LogP) is 1.42. The van der Waals surface area contributed by atoms with Gasteiger partial charge in [-0.15, -0.1) is 0 Å². The molecule has 0 bridgehead atoms. The maximum atomic E-state index is 12.8. The molecule has 1 amide bonds. The highest BCUT2D eigenvalue weighted by Crippen LogP contribution is 2.34. The largest absolute Gasteiger partial charge is 0.393 e. The molecule has 0 aliphatic carbocycles. The van der Waals surface area contributed by atoms with Gasteiger partial charge in [0.05, 0.1) is 12.0 Å². The summed E-state index contributed by atoms with van der Waals surface area (Å²) in [6.45, 7) is 5.76. The van der Waals surface area contributed by atoms with Gasteiger partial charge in [0.15, 0.2) is 0 Å². The lowest BCUT2D eigenvalue weighted by Crippen LogP contribution is -2.51. The molecule has 2 saturated heterocycles. The van der Waals surface area contributed by atoms with E-state index in [9.17, 15) is 18.0 Å². The Bertz CT molecular complexity index is 384. The summed E-state index contributed by atoms with van der Waals surface area (Å²) >= 11 is 0. The first-order chi connectivity index (χ1) is 9.69. The Hall–Kier alpha value is -0.820. The number of rotatable bonds is 3. The van der Waals surface area contributed by atoms with Gasteiger partial charge in [-0.05, 0) is 52.1 Å². The molecule has 21 heavy (non-hydrogen) atoms. The van der Waals surface area contributed by atoms with Gasteiger partial charge in [-0.1, -0.05) is 0 Å². The number of alkyl halides is 3. The SMILES string of the molecule is CC1(C)CC(CNC(=O)[C@H]2NCC[C@@H]2C(F)(F)F)CCN1. The number of nitrogens with one attached hydrogen (secondary N) is 3. The van der Waals surface area contributed by atoms with E-state index in [4.69, 9.17) is 0 Å². The fourth-order valence-corrected chi connectivity index (χ4v) is 3.37. The maximum Gasteiger partial charge on any atom is 0.393 e. The van der Waals surface area contributed by atoms with Crippen molar-refractivity contribution in [3.8, 4) is 0 Å². The minimum atomic E-state index is -4.32. The average Bonchev–Trinajstić information content (AvgIpc) is 2.84. The summed E-state index contributed by atoms with van der Waals surface area (Å²) in [6.07, 6.45) is -2.50. The zero-order valence-corrected chi connectivity index (χ0v) is 12.5. The number of halogens is 3. The van der Waals surface area contributed by atoms with Crippen molar-refractivity contribution < 1.29 is 18.0 Å². The third-order valence-corrected chi connectivity index (χ3v) is 4.44. The van der Waals surface area contributed by atoms with Crippen molar-refractivity contribution in [2.75, 3.05) is 19.6 Å². The zero-order chi connectivity index (χ0) is 15.7. The number of carbonyl (C=O) groups is 1. The zero-order valence-electron chi connectivity index (χ0n) is 12.5. The fourth-order valence-electron chi connectivity index (χ4n) is 3.37. The molecule has 0 radical (unpaired) electrons. The van der Waals surface area contributed by atoms with Gasteiger partial charge in [-0.2, -0.15) is 13.2 Å². The van der Waals surface area contributed by atoms with Crippen LogP contribution in [0.3, 0.4) is 0 Å². The van der Waals surface area contributed by atoms with Gasteiger partial charge in [-0.25, -0.2) is 0 Å². The smallest absolute Gasteiger partial charge is 0.354 e. The second-order valence-electron chi connectivity index (χ2n) is 6.78. The standard InChI is InChI=1S/C14H24F3N3O/c1-13(2)7-9(3-6-20-13)8-19-12(21)11-10(4-5-18-11)14(15,16)17/h9-11,18,20H,3-8H2,1-2H3,(H,19,21)/t9?,10-,11-/m0/s1. The lowest BCUT2D eigenvalue weighted by molar-refractivity contribution is -0.179. The molecule has 2 fully saturated rings. The molecule has 2 rings (SSSR count). The minimum absolute atomic E-state index is 0.0216.